The second-order valence-electron chi connectivity index (χ2n) is 11.0. The molecule has 232 valence electrons. The summed E-state index contributed by atoms with van der Waals surface area (Å²) in [5.74, 6) is -1.88. The molecule has 1 fully saturated rings. The normalized spacial score (nSPS) is 21.8. The fourth-order valence-electron chi connectivity index (χ4n) is 4.91. The lowest BCUT2D eigenvalue weighted by Crippen LogP contribution is -2.45. The Balaban J connectivity index is 1.32. The number of thioether (sulfide) groups is 1. The number of benzene rings is 2. The maximum absolute atomic E-state index is 14.2. The molecule has 2 aliphatic rings. The lowest BCUT2D eigenvalue weighted by Gasteiger charge is -2.33. The van der Waals surface area contributed by atoms with Crippen molar-refractivity contribution in [3.63, 3.8) is 0 Å². The number of hydrogen-bond donors (Lipinski definition) is 1. The van der Waals surface area contributed by atoms with E-state index in [1.807, 2.05) is 13.8 Å². The van der Waals surface area contributed by atoms with Crippen molar-refractivity contribution in [2.45, 2.75) is 52.1 Å². The van der Waals surface area contributed by atoms with Crippen LogP contribution in [0.25, 0.3) is 17.1 Å². The molecule has 0 saturated carbocycles. The zero-order chi connectivity index (χ0) is 31.8. The van der Waals surface area contributed by atoms with Crippen molar-refractivity contribution < 1.29 is 31.8 Å². The summed E-state index contributed by atoms with van der Waals surface area (Å²) in [6.07, 6.45) is 1.18. The minimum absolute atomic E-state index is 0.0756. The minimum atomic E-state index is -4.74. The van der Waals surface area contributed by atoms with Gasteiger partial charge < -0.3 is 9.84 Å². The van der Waals surface area contributed by atoms with Crippen molar-refractivity contribution in [1.29, 1.82) is 0 Å². The zero-order valence-corrected chi connectivity index (χ0v) is 25.0. The first-order valence-corrected chi connectivity index (χ1v) is 14.6. The van der Waals surface area contributed by atoms with Crippen LogP contribution < -0.4 is 4.90 Å². The SMILES string of the molecule is CC1CC(OC(F)(F)F)=CC=C1n1cnc(-c2ccc(/C=N/N=C3\SCC(C)(O)N3c3cc(F)c(F)cc3C(C)C)cc2)n1. The number of aliphatic hydroxyl groups is 1. The van der Waals surface area contributed by atoms with Gasteiger partial charge >= 0.3 is 6.36 Å². The van der Waals surface area contributed by atoms with Gasteiger partial charge in [-0.05, 0) is 42.2 Å². The molecule has 14 heteroatoms. The van der Waals surface area contributed by atoms with E-state index in [9.17, 15) is 27.1 Å². The summed E-state index contributed by atoms with van der Waals surface area (Å²) in [4.78, 5) is 5.81. The third kappa shape index (κ3) is 6.86. The van der Waals surface area contributed by atoms with E-state index in [2.05, 4.69) is 25.0 Å². The van der Waals surface area contributed by atoms with E-state index in [0.29, 0.717) is 39.1 Å². The van der Waals surface area contributed by atoms with Gasteiger partial charge in [0.25, 0.3) is 0 Å². The summed E-state index contributed by atoms with van der Waals surface area (Å²) in [5, 5.41) is 24.3. The van der Waals surface area contributed by atoms with Crippen LogP contribution in [-0.2, 0) is 4.74 Å². The summed E-state index contributed by atoms with van der Waals surface area (Å²) < 4.78 is 71.5. The van der Waals surface area contributed by atoms with Crippen molar-refractivity contribution in [3.05, 3.63) is 83.4 Å². The smallest absolute Gasteiger partial charge is 0.410 e. The lowest BCUT2D eigenvalue weighted by molar-refractivity contribution is -0.306. The fourth-order valence-corrected chi connectivity index (χ4v) is 5.97. The summed E-state index contributed by atoms with van der Waals surface area (Å²) in [6, 6.07) is 9.36. The van der Waals surface area contributed by atoms with Crippen LogP contribution in [0, 0.1) is 17.6 Å². The van der Waals surface area contributed by atoms with Crippen molar-refractivity contribution in [2.24, 2.45) is 16.1 Å². The van der Waals surface area contributed by atoms with Gasteiger partial charge in [0.2, 0.25) is 0 Å². The standard InChI is InChI=1S/C30H29F5N6O2S/c1-17(2)22-12-23(31)24(32)13-26(22)41-28(44-15-29(41,4)42)38-37-14-19-5-7-20(8-6-19)27-36-16-40(39-27)25-10-9-21(11-18(25)3)43-30(33,34)35/h5-10,12-14,16-18,42H,11,15H2,1-4H3/b37-14+,38-28-. The Kier molecular flexibility index (Phi) is 8.67. The van der Waals surface area contributed by atoms with Crippen molar-refractivity contribution in [2.75, 3.05) is 10.7 Å². The molecule has 3 aromatic rings. The summed E-state index contributed by atoms with van der Waals surface area (Å²) in [7, 11) is 0. The molecule has 0 spiro atoms. The number of aromatic nitrogens is 3. The summed E-state index contributed by atoms with van der Waals surface area (Å²) in [5.41, 5.74) is 1.56. The Morgan fingerprint density at radius 1 is 1.14 bits per heavy atom. The average molecular weight is 633 g/mol. The second kappa shape index (κ2) is 12.2. The van der Waals surface area contributed by atoms with Gasteiger partial charge in [0.05, 0.1) is 11.9 Å². The van der Waals surface area contributed by atoms with Crippen LogP contribution in [0.4, 0.5) is 27.6 Å². The van der Waals surface area contributed by atoms with Crippen molar-refractivity contribution in [3.8, 4) is 11.4 Å². The number of nitrogens with zero attached hydrogens (tertiary/aromatic N) is 6. The highest BCUT2D eigenvalue weighted by Crippen LogP contribution is 2.40. The lowest BCUT2D eigenvalue weighted by atomic mass is 9.98. The average Bonchev–Trinajstić information content (AvgIpc) is 3.54. The topological polar surface area (TPSA) is 88.1 Å². The molecular formula is C30H29F5N6O2S. The fraction of sp³-hybridized carbons (Fsp3) is 0.333. The van der Waals surface area contributed by atoms with Gasteiger partial charge in [-0.2, -0.15) is 5.10 Å². The first-order chi connectivity index (χ1) is 20.7. The van der Waals surface area contributed by atoms with Crippen LogP contribution in [0.5, 0.6) is 0 Å². The van der Waals surface area contributed by atoms with Crippen LogP contribution in [0.1, 0.15) is 51.2 Å². The van der Waals surface area contributed by atoms with Crippen LogP contribution in [0.3, 0.4) is 0 Å². The molecule has 1 N–H and O–H groups in total. The maximum Gasteiger partial charge on any atom is 0.572 e. The molecule has 2 aromatic carbocycles. The van der Waals surface area contributed by atoms with Crippen molar-refractivity contribution in [1.82, 2.24) is 14.8 Å². The van der Waals surface area contributed by atoms with Crippen LogP contribution in [-0.4, -0.2) is 49.1 Å². The molecule has 44 heavy (non-hydrogen) atoms. The Morgan fingerprint density at radius 2 is 1.84 bits per heavy atom. The number of ether oxygens (including phenoxy) is 1. The Bertz CT molecular complexity index is 1660. The zero-order valence-electron chi connectivity index (χ0n) is 24.2. The van der Waals surface area contributed by atoms with Crippen molar-refractivity contribution >= 4 is 34.5 Å². The molecule has 1 aliphatic carbocycles. The van der Waals surface area contributed by atoms with Gasteiger partial charge in [0.15, 0.2) is 28.4 Å². The van der Waals surface area contributed by atoms with E-state index in [1.54, 1.807) is 38.1 Å². The van der Waals surface area contributed by atoms with E-state index in [1.165, 1.54) is 46.0 Å². The third-order valence-corrected chi connectivity index (χ3v) is 8.27. The van der Waals surface area contributed by atoms with Gasteiger partial charge in [0, 0.05) is 35.4 Å². The highest BCUT2D eigenvalue weighted by atomic mass is 32.2. The molecule has 2 unspecified atom stereocenters. The number of rotatable bonds is 7. The van der Waals surface area contributed by atoms with E-state index < -0.39 is 23.7 Å². The molecular weight excluding hydrogens is 603 g/mol. The molecule has 0 radical (unpaired) electrons. The van der Waals surface area contributed by atoms with Gasteiger partial charge in [-0.25, -0.2) is 18.4 Å². The number of alkyl halides is 3. The minimum Gasteiger partial charge on any atom is -0.410 e. The van der Waals surface area contributed by atoms with Crippen LogP contribution in [0.15, 0.2) is 70.8 Å². The highest BCUT2D eigenvalue weighted by molar-refractivity contribution is 8.14. The monoisotopic (exact) mass is 632 g/mol. The first-order valence-electron chi connectivity index (χ1n) is 13.7. The number of anilines is 1. The highest BCUT2D eigenvalue weighted by Gasteiger charge is 2.42. The quantitative estimate of drug-likeness (QED) is 0.167. The molecule has 0 bridgehead atoms. The molecule has 1 aliphatic heterocycles. The number of halogens is 5. The summed E-state index contributed by atoms with van der Waals surface area (Å²) >= 11 is 1.25. The molecule has 0 amide bonds. The van der Waals surface area contributed by atoms with Gasteiger partial charge in [-0.1, -0.05) is 56.8 Å². The number of allylic oxidation sites excluding steroid dienone is 4. The van der Waals surface area contributed by atoms with E-state index in [4.69, 9.17) is 0 Å². The van der Waals surface area contributed by atoms with Gasteiger partial charge in [-0.3, -0.25) is 4.90 Å². The van der Waals surface area contributed by atoms with Crippen LogP contribution in [0.2, 0.25) is 0 Å². The second-order valence-corrected chi connectivity index (χ2v) is 11.9. The molecule has 1 saturated heterocycles. The predicted octanol–water partition coefficient (Wildman–Crippen LogP) is 7.30. The largest absolute Gasteiger partial charge is 0.572 e. The number of hydrogen-bond acceptors (Lipinski definition) is 7. The Morgan fingerprint density at radius 3 is 2.50 bits per heavy atom. The molecule has 5 rings (SSSR count). The Hall–Kier alpha value is -4.04. The first kappa shape index (κ1) is 31.4. The maximum atomic E-state index is 14.2. The number of amidine groups is 1. The molecule has 8 nitrogen and oxygen atoms in total. The van der Waals surface area contributed by atoms with E-state index >= 15 is 0 Å². The third-order valence-electron chi connectivity index (χ3n) is 7.05. The molecule has 2 heterocycles. The van der Waals surface area contributed by atoms with E-state index in [0.717, 1.165) is 12.1 Å². The molecule has 1 aromatic heterocycles. The molecule has 2 atom stereocenters. The summed E-state index contributed by atoms with van der Waals surface area (Å²) in [6.45, 7) is 7.06. The van der Waals surface area contributed by atoms with Gasteiger partial charge in [-0.15, -0.1) is 23.4 Å². The van der Waals surface area contributed by atoms with Crippen LogP contribution >= 0.6 is 11.8 Å². The van der Waals surface area contributed by atoms with Gasteiger partial charge in [0.1, 0.15) is 12.1 Å². The van der Waals surface area contributed by atoms with E-state index in [-0.39, 0.29) is 29.8 Å². The predicted molar refractivity (Wildman–Crippen MR) is 160 cm³/mol. The Labute approximate surface area is 254 Å².